The highest BCUT2D eigenvalue weighted by Crippen LogP contribution is 2.18. The van der Waals surface area contributed by atoms with Gasteiger partial charge in [0.15, 0.2) is 5.01 Å². The molecule has 25 heavy (non-hydrogen) atoms. The number of fused-ring (bicyclic) bond motifs is 1. The van der Waals surface area contributed by atoms with Gasteiger partial charge in [-0.3, -0.25) is 20.5 Å². The number of aromatic nitrogens is 5. The summed E-state index contributed by atoms with van der Waals surface area (Å²) in [6, 6.07) is 9.83. The number of benzene rings is 1. The van der Waals surface area contributed by atoms with Crippen LogP contribution in [0.4, 0.5) is 0 Å². The third-order valence-electron chi connectivity index (χ3n) is 3.82. The van der Waals surface area contributed by atoms with Gasteiger partial charge in [-0.15, -0.1) is 0 Å². The van der Waals surface area contributed by atoms with Crippen molar-refractivity contribution in [2.24, 2.45) is 7.05 Å². The zero-order valence-corrected chi connectivity index (χ0v) is 14.3. The molecule has 124 valence electrons. The normalized spacial score (nSPS) is 11.1. The van der Waals surface area contributed by atoms with E-state index in [0.717, 1.165) is 22.0 Å². The lowest BCUT2D eigenvalue weighted by Crippen LogP contribution is -2.25. The van der Waals surface area contributed by atoms with E-state index in [-0.39, 0.29) is 10.6 Å². The van der Waals surface area contributed by atoms with Gasteiger partial charge in [0.2, 0.25) is 4.80 Å². The van der Waals surface area contributed by atoms with Gasteiger partial charge >= 0.3 is 0 Å². The fourth-order valence-electron chi connectivity index (χ4n) is 2.63. The quantitative estimate of drug-likeness (QED) is 0.439. The standard InChI is InChI=1S/C17H15N7S/c1-23-10-13(9-21-23)16-22-24(17(19)25-16)15(18)8-11-4-5-14-12(7-11)3-2-6-20-14/h2-7,9-10,18-19H,8H2,1H3. The molecule has 0 aliphatic carbocycles. The molecule has 3 aromatic heterocycles. The minimum absolute atomic E-state index is 0.228. The van der Waals surface area contributed by atoms with E-state index in [0.29, 0.717) is 11.4 Å². The average Bonchev–Trinajstić information content (AvgIpc) is 3.20. The van der Waals surface area contributed by atoms with Gasteiger partial charge in [0.05, 0.1) is 17.3 Å². The van der Waals surface area contributed by atoms with Crippen LogP contribution < -0.4 is 4.80 Å². The van der Waals surface area contributed by atoms with Crippen molar-refractivity contribution in [3.05, 3.63) is 59.3 Å². The second-order valence-corrected chi connectivity index (χ2v) is 6.66. The highest BCUT2D eigenvalue weighted by molar-refractivity contribution is 7.12. The van der Waals surface area contributed by atoms with Crippen molar-refractivity contribution in [2.75, 3.05) is 0 Å². The number of nitrogens with zero attached hydrogens (tertiary/aromatic N) is 5. The molecule has 0 radical (unpaired) electrons. The molecule has 0 saturated heterocycles. The summed E-state index contributed by atoms with van der Waals surface area (Å²) in [6.45, 7) is 0. The van der Waals surface area contributed by atoms with Crippen molar-refractivity contribution in [3.8, 4) is 10.6 Å². The fraction of sp³-hybridized carbons (Fsp3) is 0.118. The van der Waals surface area contributed by atoms with Crippen LogP contribution in [0.5, 0.6) is 0 Å². The SMILES string of the molecule is Cn1cc(-c2nn(C(=N)Cc3ccc4ncccc4c3)c(=N)s2)cn1. The molecule has 8 heteroatoms. The molecule has 3 heterocycles. The van der Waals surface area contributed by atoms with Crippen LogP contribution in [0.15, 0.2) is 48.9 Å². The van der Waals surface area contributed by atoms with E-state index in [1.54, 1.807) is 17.1 Å². The van der Waals surface area contributed by atoms with Crippen LogP contribution in [0.3, 0.4) is 0 Å². The number of rotatable bonds is 3. The largest absolute Gasteiger partial charge is 0.286 e. The summed E-state index contributed by atoms with van der Waals surface area (Å²) in [6.07, 6.45) is 5.73. The maximum Gasteiger partial charge on any atom is 0.206 e. The first kappa shape index (κ1) is 15.4. The molecule has 4 aromatic rings. The van der Waals surface area contributed by atoms with E-state index in [1.807, 2.05) is 43.6 Å². The number of hydrogen-bond donors (Lipinski definition) is 2. The van der Waals surface area contributed by atoms with Crippen LogP contribution in [0, 0.1) is 10.8 Å². The van der Waals surface area contributed by atoms with Gasteiger partial charge < -0.3 is 0 Å². The van der Waals surface area contributed by atoms with E-state index in [4.69, 9.17) is 10.8 Å². The molecular formula is C17H15N7S. The first-order chi connectivity index (χ1) is 12.1. The summed E-state index contributed by atoms with van der Waals surface area (Å²) in [7, 11) is 1.84. The Balaban J connectivity index is 1.62. The Morgan fingerprint density at radius 1 is 1.28 bits per heavy atom. The highest BCUT2D eigenvalue weighted by Gasteiger charge is 2.12. The summed E-state index contributed by atoms with van der Waals surface area (Å²) >= 11 is 1.24. The van der Waals surface area contributed by atoms with Gasteiger partial charge in [0.1, 0.15) is 5.84 Å². The van der Waals surface area contributed by atoms with Crippen molar-refractivity contribution in [2.45, 2.75) is 6.42 Å². The van der Waals surface area contributed by atoms with Crippen molar-refractivity contribution < 1.29 is 0 Å². The molecule has 0 atom stereocenters. The van der Waals surface area contributed by atoms with Crippen LogP contribution in [-0.2, 0) is 13.5 Å². The lowest BCUT2D eigenvalue weighted by Gasteiger charge is -2.05. The average molecular weight is 349 g/mol. The van der Waals surface area contributed by atoms with Crippen molar-refractivity contribution in [3.63, 3.8) is 0 Å². The van der Waals surface area contributed by atoms with Crippen LogP contribution >= 0.6 is 11.3 Å². The van der Waals surface area contributed by atoms with Gasteiger partial charge in [-0.25, -0.2) is 0 Å². The first-order valence-corrected chi connectivity index (χ1v) is 8.47. The Morgan fingerprint density at radius 2 is 2.16 bits per heavy atom. The molecule has 1 aromatic carbocycles. The van der Waals surface area contributed by atoms with Crippen LogP contribution in [-0.4, -0.2) is 30.4 Å². The van der Waals surface area contributed by atoms with Gasteiger partial charge in [-0.2, -0.15) is 14.9 Å². The van der Waals surface area contributed by atoms with E-state index in [1.165, 1.54) is 16.0 Å². The molecule has 0 amide bonds. The Morgan fingerprint density at radius 3 is 2.96 bits per heavy atom. The molecule has 0 aliphatic heterocycles. The minimum Gasteiger partial charge on any atom is -0.286 e. The summed E-state index contributed by atoms with van der Waals surface area (Å²) < 4.78 is 3.07. The third-order valence-corrected chi connectivity index (χ3v) is 4.70. The molecule has 2 N–H and O–H groups in total. The van der Waals surface area contributed by atoms with Gasteiger partial charge in [0.25, 0.3) is 0 Å². The lowest BCUT2D eigenvalue weighted by molar-refractivity contribution is 0.768. The maximum absolute atomic E-state index is 8.35. The predicted octanol–water partition coefficient (Wildman–Crippen LogP) is 2.44. The van der Waals surface area contributed by atoms with E-state index >= 15 is 0 Å². The van der Waals surface area contributed by atoms with Crippen molar-refractivity contribution in [1.82, 2.24) is 24.5 Å². The Bertz CT molecular complexity index is 1140. The second kappa shape index (κ2) is 6.06. The minimum atomic E-state index is 0.228. The molecular weight excluding hydrogens is 334 g/mol. The molecule has 0 unspecified atom stereocenters. The number of hydrogen-bond acceptors (Lipinski definition) is 6. The summed E-state index contributed by atoms with van der Waals surface area (Å²) in [4.78, 5) is 4.53. The summed E-state index contributed by atoms with van der Waals surface area (Å²) in [5, 5.41) is 26.7. The van der Waals surface area contributed by atoms with Gasteiger partial charge in [-0.1, -0.05) is 23.5 Å². The third kappa shape index (κ3) is 2.99. The number of aryl methyl sites for hydroxylation is 1. The summed E-state index contributed by atoms with van der Waals surface area (Å²) in [5.41, 5.74) is 2.77. The number of pyridine rings is 1. The molecule has 0 spiro atoms. The Hall–Kier alpha value is -3.13. The molecule has 0 aliphatic rings. The Kier molecular flexibility index (Phi) is 3.73. The Labute approximate surface area is 147 Å². The first-order valence-electron chi connectivity index (χ1n) is 7.65. The lowest BCUT2D eigenvalue weighted by atomic mass is 10.1. The van der Waals surface area contributed by atoms with Crippen LogP contribution in [0.2, 0.25) is 0 Å². The molecule has 0 fully saturated rings. The smallest absolute Gasteiger partial charge is 0.206 e. The fourth-order valence-corrected chi connectivity index (χ4v) is 3.39. The zero-order chi connectivity index (χ0) is 17.4. The molecule has 0 saturated carbocycles. The molecule has 7 nitrogen and oxygen atoms in total. The van der Waals surface area contributed by atoms with Crippen LogP contribution in [0.25, 0.3) is 21.5 Å². The van der Waals surface area contributed by atoms with E-state index in [9.17, 15) is 0 Å². The van der Waals surface area contributed by atoms with E-state index in [2.05, 4.69) is 15.2 Å². The van der Waals surface area contributed by atoms with Crippen LogP contribution in [0.1, 0.15) is 5.56 Å². The van der Waals surface area contributed by atoms with Gasteiger partial charge in [-0.05, 0) is 23.8 Å². The van der Waals surface area contributed by atoms with Crippen molar-refractivity contribution >= 4 is 28.1 Å². The maximum atomic E-state index is 8.35. The van der Waals surface area contributed by atoms with Crippen molar-refractivity contribution in [1.29, 1.82) is 10.8 Å². The molecule has 0 bridgehead atoms. The predicted molar refractivity (Wildman–Crippen MR) is 96.7 cm³/mol. The molecule has 4 rings (SSSR count). The highest BCUT2D eigenvalue weighted by atomic mass is 32.1. The second-order valence-electron chi connectivity index (χ2n) is 5.68. The summed E-state index contributed by atoms with van der Waals surface area (Å²) in [5.74, 6) is 0.264. The van der Waals surface area contributed by atoms with Gasteiger partial charge in [0, 0.05) is 31.2 Å². The number of nitrogens with one attached hydrogen (secondary N) is 2. The van der Waals surface area contributed by atoms with E-state index < -0.39 is 0 Å². The monoisotopic (exact) mass is 349 g/mol. The zero-order valence-electron chi connectivity index (χ0n) is 13.5. The topological polar surface area (TPSA) is 96.2 Å².